The van der Waals surface area contributed by atoms with E-state index >= 15 is 0 Å². The molecule has 0 aliphatic carbocycles. The molecule has 1 aromatic rings. The molecule has 4 amide bonds. The molecular formula is C32H54N4O7S. The van der Waals surface area contributed by atoms with Crippen LogP contribution in [0.3, 0.4) is 0 Å². The second-order valence-corrected chi connectivity index (χ2v) is 13.2. The Balaban J connectivity index is 3.04. The molecule has 0 aliphatic rings. The molecule has 12 heteroatoms. The number of benzene rings is 1. The Hall–Kier alpha value is -2.99. The van der Waals surface area contributed by atoms with E-state index in [1.807, 2.05) is 47.8 Å². The number of methoxy groups -OCH3 is 2. The van der Waals surface area contributed by atoms with Crippen LogP contribution in [-0.4, -0.2) is 85.2 Å². The molecule has 0 aromatic heterocycles. The predicted octanol–water partition coefficient (Wildman–Crippen LogP) is 3.14. The number of carbonyl (C=O) groups is 4. The molecule has 0 spiro atoms. The molecule has 1 aromatic carbocycles. The largest absolute Gasteiger partial charge is 0.493 e. The lowest BCUT2D eigenvalue weighted by Crippen LogP contribution is -2.54. The van der Waals surface area contributed by atoms with Gasteiger partial charge in [-0.3, -0.25) is 19.2 Å². The number of aliphatic hydroxyl groups is 1. The van der Waals surface area contributed by atoms with Crippen molar-refractivity contribution in [3.05, 3.63) is 23.8 Å². The minimum Gasteiger partial charge on any atom is -0.493 e. The summed E-state index contributed by atoms with van der Waals surface area (Å²) in [6.45, 7) is 13.3. The van der Waals surface area contributed by atoms with Gasteiger partial charge in [0.2, 0.25) is 17.7 Å². The molecule has 0 heterocycles. The first-order valence-corrected chi connectivity index (χ1v) is 16.6. The maximum absolute atomic E-state index is 13.5. The second kappa shape index (κ2) is 19.4. The molecule has 0 fully saturated rings. The van der Waals surface area contributed by atoms with Gasteiger partial charge in [0.15, 0.2) is 11.5 Å². The average molecular weight is 639 g/mol. The highest BCUT2D eigenvalue weighted by molar-refractivity contribution is 7.98. The number of ether oxygens (including phenoxy) is 2. The molecule has 0 saturated heterocycles. The highest BCUT2D eigenvalue weighted by Gasteiger charge is 2.31. The van der Waals surface area contributed by atoms with Gasteiger partial charge in [-0.25, -0.2) is 0 Å². The first-order valence-electron chi connectivity index (χ1n) is 15.2. The molecular weight excluding hydrogens is 584 g/mol. The summed E-state index contributed by atoms with van der Waals surface area (Å²) in [4.78, 5) is 52.5. The maximum atomic E-state index is 13.5. The summed E-state index contributed by atoms with van der Waals surface area (Å²) in [6.07, 6.45) is 1.80. The lowest BCUT2D eigenvalue weighted by atomic mass is 9.92. The van der Waals surface area contributed by atoms with E-state index in [0.717, 1.165) is 0 Å². The number of hydrogen-bond donors (Lipinski definition) is 5. The molecule has 44 heavy (non-hydrogen) atoms. The molecule has 0 saturated carbocycles. The third kappa shape index (κ3) is 12.9. The van der Waals surface area contributed by atoms with E-state index in [9.17, 15) is 24.3 Å². The Morgan fingerprint density at radius 3 is 1.91 bits per heavy atom. The van der Waals surface area contributed by atoms with Crippen molar-refractivity contribution in [3.8, 4) is 11.5 Å². The maximum Gasteiger partial charge on any atom is 0.255 e. The lowest BCUT2D eigenvalue weighted by molar-refractivity contribution is -0.132. The number of para-hydroxylation sites is 1. The summed E-state index contributed by atoms with van der Waals surface area (Å²) in [5.74, 6) is -0.904. The molecule has 11 nitrogen and oxygen atoms in total. The molecule has 5 atom stereocenters. The number of amides is 4. The van der Waals surface area contributed by atoms with Crippen molar-refractivity contribution in [2.24, 2.45) is 17.8 Å². The van der Waals surface area contributed by atoms with Crippen molar-refractivity contribution in [2.75, 3.05) is 26.2 Å². The zero-order valence-electron chi connectivity index (χ0n) is 28.0. The highest BCUT2D eigenvalue weighted by Crippen LogP contribution is 2.30. The van der Waals surface area contributed by atoms with E-state index in [-0.39, 0.29) is 47.4 Å². The van der Waals surface area contributed by atoms with Gasteiger partial charge >= 0.3 is 0 Å². The quantitative estimate of drug-likeness (QED) is 0.155. The summed E-state index contributed by atoms with van der Waals surface area (Å²) in [7, 11) is 2.91. The minimum atomic E-state index is -1.04. The van der Waals surface area contributed by atoms with Crippen LogP contribution in [-0.2, 0) is 14.4 Å². The van der Waals surface area contributed by atoms with Crippen LogP contribution in [0.5, 0.6) is 11.5 Å². The van der Waals surface area contributed by atoms with E-state index in [0.29, 0.717) is 24.3 Å². The summed E-state index contributed by atoms with van der Waals surface area (Å²) in [6, 6.07) is 2.61. The summed E-state index contributed by atoms with van der Waals surface area (Å²) in [5.41, 5.74) is 0.224. The van der Waals surface area contributed by atoms with Gasteiger partial charge in [-0.1, -0.05) is 40.7 Å². The van der Waals surface area contributed by atoms with E-state index < -0.39 is 42.0 Å². The van der Waals surface area contributed by atoms with Gasteiger partial charge in [0.1, 0.15) is 12.1 Å². The van der Waals surface area contributed by atoms with Gasteiger partial charge in [0.05, 0.1) is 31.9 Å². The average Bonchev–Trinajstić information content (AvgIpc) is 2.94. The van der Waals surface area contributed by atoms with Crippen molar-refractivity contribution in [2.45, 2.75) is 98.0 Å². The Morgan fingerprint density at radius 2 is 1.39 bits per heavy atom. The number of thioether (sulfide) groups is 1. The smallest absolute Gasteiger partial charge is 0.255 e. The second-order valence-electron chi connectivity index (χ2n) is 12.3. The number of hydrogen-bond acceptors (Lipinski definition) is 8. The standard InChI is InChI=1S/C32H54N4O7S/c1-18(2)14-23(26(37)16-21(7)29(38)35-24(15-19(3)4)31(40)33-20(5)6)34-32(41)25(17-44-10)36-30(39)22-12-11-13-27(42-8)28(22)43-9/h11-13,18-21,23-26,37H,14-17H2,1-10H3,(H,33,40)(H,34,41)(H,35,38)(H,36,39)/t21-,23+,24+,25+,26+/m1/s1. The van der Waals surface area contributed by atoms with Gasteiger partial charge in [-0.05, 0) is 63.3 Å². The van der Waals surface area contributed by atoms with E-state index in [4.69, 9.17) is 9.47 Å². The normalized spacial score (nSPS) is 14.8. The predicted molar refractivity (Wildman–Crippen MR) is 175 cm³/mol. The molecule has 0 aliphatic heterocycles. The fraction of sp³-hybridized carbons (Fsp3) is 0.688. The fourth-order valence-electron chi connectivity index (χ4n) is 4.79. The van der Waals surface area contributed by atoms with Crippen LogP contribution < -0.4 is 30.7 Å². The van der Waals surface area contributed by atoms with Crippen LogP contribution in [0.25, 0.3) is 0 Å². The van der Waals surface area contributed by atoms with Gasteiger partial charge in [-0.15, -0.1) is 0 Å². The van der Waals surface area contributed by atoms with Crippen molar-refractivity contribution < 1.29 is 33.8 Å². The van der Waals surface area contributed by atoms with Crippen LogP contribution in [0.4, 0.5) is 0 Å². The van der Waals surface area contributed by atoms with E-state index in [2.05, 4.69) is 21.3 Å². The van der Waals surface area contributed by atoms with Gasteiger partial charge in [-0.2, -0.15) is 11.8 Å². The molecule has 0 radical (unpaired) electrons. The molecule has 250 valence electrons. The topological polar surface area (TPSA) is 155 Å². The van der Waals surface area contributed by atoms with Gasteiger partial charge in [0, 0.05) is 17.7 Å². The van der Waals surface area contributed by atoms with Crippen molar-refractivity contribution >= 4 is 35.4 Å². The van der Waals surface area contributed by atoms with Crippen LogP contribution in [0, 0.1) is 17.8 Å². The van der Waals surface area contributed by atoms with Crippen LogP contribution in [0.15, 0.2) is 18.2 Å². The van der Waals surface area contributed by atoms with Gasteiger partial charge in [0.25, 0.3) is 5.91 Å². The van der Waals surface area contributed by atoms with E-state index in [1.54, 1.807) is 25.1 Å². The number of nitrogens with one attached hydrogen (secondary N) is 4. The first kappa shape index (κ1) is 39.0. The summed E-state index contributed by atoms with van der Waals surface area (Å²) < 4.78 is 10.7. The zero-order valence-corrected chi connectivity index (χ0v) is 28.8. The molecule has 5 N–H and O–H groups in total. The third-order valence-corrected chi connectivity index (χ3v) is 7.60. The molecule has 1 rings (SSSR count). The van der Waals surface area contributed by atoms with Crippen LogP contribution in [0.1, 0.15) is 78.1 Å². The Bertz CT molecular complexity index is 1080. The highest BCUT2D eigenvalue weighted by atomic mass is 32.2. The Labute approximate surface area is 267 Å². The Kier molecular flexibility index (Phi) is 17.2. The van der Waals surface area contributed by atoms with Crippen LogP contribution >= 0.6 is 11.8 Å². The molecule has 0 unspecified atom stereocenters. The third-order valence-electron chi connectivity index (χ3n) is 6.93. The number of aliphatic hydroxyl groups excluding tert-OH is 1. The molecule has 0 bridgehead atoms. The summed E-state index contributed by atoms with van der Waals surface area (Å²) >= 11 is 1.39. The van der Waals surface area contributed by atoms with E-state index in [1.165, 1.54) is 26.0 Å². The number of carbonyl (C=O) groups excluding carboxylic acids is 4. The minimum absolute atomic E-state index is 0.0639. The zero-order chi connectivity index (χ0) is 33.6. The lowest BCUT2D eigenvalue weighted by Gasteiger charge is -2.30. The van der Waals surface area contributed by atoms with Crippen molar-refractivity contribution in [1.29, 1.82) is 0 Å². The van der Waals surface area contributed by atoms with Crippen molar-refractivity contribution in [3.63, 3.8) is 0 Å². The fourth-order valence-corrected chi connectivity index (χ4v) is 5.36. The van der Waals surface area contributed by atoms with Crippen LogP contribution in [0.2, 0.25) is 0 Å². The first-order chi connectivity index (χ1) is 20.6. The van der Waals surface area contributed by atoms with Gasteiger partial charge < -0.3 is 35.8 Å². The summed E-state index contributed by atoms with van der Waals surface area (Å²) in [5, 5.41) is 22.7. The van der Waals surface area contributed by atoms with Crippen molar-refractivity contribution in [1.82, 2.24) is 21.3 Å². The Morgan fingerprint density at radius 1 is 0.773 bits per heavy atom. The monoisotopic (exact) mass is 638 g/mol. The number of rotatable bonds is 19. The SMILES string of the molecule is COc1cccc(C(=O)N[C@@H](CSC)C(=O)N[C@@H](CC(C)C)[C@@H](O)C[C@@H](C)C(=O)N[C@@H](CC(C)C)C(=O)NC(C)C)c1OC.